The maximum atomic E-state index is 12.5. The Hall–Kier alpha value is -1.49. The van der Waals surface area contributed by atoms with Crippen molar-refractivity contribution in [2.45, 2.75) is 43.0 Å². The second-order valence-corrected chi connectivity index (χ2v) is 8.25. The van der Waals surface area contributed by atoms with Gasteiger partial charge >= 0.3 is 0 Å². The number of carbonyl (C=O) groups is 1. The number of aromatic nitrogens is 1. The molecule has 1 amide bonds. The van der Waals surface area contributed by atoms with Crippen LogP contribution in [-0.4, -0.2) is 45.5 Å². The van der Waals surface area contributed by atoms with Gasteiger partial charge in [0.1, 0.15) is 11.9 Å². The van der Waals surface area contributed by atoms with E-state index in [2.05, 4.69) is 11.1 Å². The number of nitrogens with zero attached hydrogens (tertiary/aromatic N) is 2. The zero-order chi connectivity index (χ0) is 15.7. The minimum absolute atomic E-state index is 0.220. The summed E-state index contributed by atoms with van der Waals surface area (Å²) in [6.07, 6.45) is 11.3. The fourth-order valence-electron chi connectivity index (χ4n) is 3.74. The number of carbonyl (C=O) groups excluding carboxylic acids is 1. The molecule has 4 rings (SSSR count). The first-order valence-corrected chi connectivity index (χ1v) is 9.42. The van der Waals surface area contributed by atoms with Gasteiger partial charge in [-0.3, -0.25) is 9.78 Å². The van der Waals surface area contributed by atoms with E-state index < -0.39 is 0 Å². The first-order valence-electron chi connectivity index (χ1n) is 8.43. The van der Waals surface area contributed by atoms with E-state index in [1.165, 1.54) is 6.42 Å². The summed E-state index contributed by atoms with van der Waals surface area (Å²) in [5, 5.41) is 0. The van der Waals surface area contributed by atoms with Crippen LogP contribution in [0.4, 0.5) is 0 Å². The minimum atomic E-state index is 0.220. The molecular formula is C18H22N2O2S. The van der Waals surface area contributed by atoms with Crippen LogP contribution >= 0.6 is 11.8 Å². The van der Waals surface area contributed by atoms with Gasteiger partial charge in [0.25, 0.3) is 0 Å². The average molecular weight is 330 g/mol. The molecule has 2 fully saturated rings. The topological polar surface area (TPSA) is 42.4 Å². The number of pyridine rings is 1. The monoisotopic (exact) mass is 330 g/mol. The van der Waals surface area contributed by atoms with Crippen LogP contribution in [-0.2, 0) is 4.79 Å². The smallest absolute Gasteiger partial charge is 0.249 e. The maximum absolute atomic E-state index is 12.5. The largest absolute Gasteiger partial charge is 0.488 e. The molecule has 2 aliphatic heterocycles. The molecule has 0 saturated carbocycles. The Morgan fingerprint density at radius 1 is 1.39 bits per heavy atom. The molecule has 1 atom stereocenters. The normalized spacial score (nSPS) is 25.8. The van der Waals surface area contributed by atoms with Crippen molar-refractivity contribution in [3.05, 3.63) is 36.2 Å². The molecule has 5 heteroatoms. The molecule has 122 valence electrons. The number of rotatable bonds is 3. The van der Waals surface area contributed by atoms with Crippen LogP contribution in [0.3, 0.4) is 0 Å². The lowest BCUT2D eigenvalue weighted by atomic mass is 9.90. The van der Waals surface area contributed by atoms with E-state index in [1.54, 1.807) is 12.4 Å². The van der Waals surface area contributed by atoms with E-state index in [-0.39, 0.29) is 16.8 Å². The van der Waals surface area contributed by atoms with E-state index in [1.807, 2.05) is 28.8 Å². The molecule has 2 saturated heterocycles. The number of allylic oxidation sites excluding steroid dienone is 1. The van der Waals surface area contributed by atoms with Crippen molar-refractivity contribution in [2.75, 3.05) is 18.8 Å². The van der Waals surface area contributed by atoms with Gasteiger partial charge in [-0.15, -0.1) is 11.8 Å². The summed E-state index contributed by atoms with van der Waals surface area (Å²) in [6, 6.07) is 3.85. The van der Waals surface area contributed by atoms with Crippen LogP contribution in [0, 0.1) is 0 Å². The highest BCUT2D eigenvalue weighted by atomic mass is 32.2. The molecule has 1 aliphatic carbocycles. The van der Waals surface area contributed by atoms with E-state index >= 15 is 0 Å². The molecule has 1 aromatic heterocycles. The number of ether oxygens (including phenoxy) is 1. The van der Waals surface area contributed by atoms with Gasteiger partial charge in [0.05, 0.1) is 10.9 Å². The summed E-state index contributed by atoms with van der Waals surface area (Å²) in [4.78, 5) is 18.6. The lowest BCUT2D eigenvalue weighted by Gasteiger charge is -2.47. The minimum Gasteiger partial charge on any atom is -0.488 e. The second-order valence-electron chi connectivity index (χ2n) is 6.76. The SMILES string of the molecule is O=C(C1=CCCCC1)N1CC2(CC(Oc3cccnc3)CS2)C1. The second kappa shape index (κ2) is 6.19. The fourth-order valence-corrected chi connectivity index (χ4v) is 5.26. The molecule has 1 spiro atoms. The fraction of sp³-hybridized carbons (Fsp3) is 0.556. The Labute approximate surface area is 141 Å². The van der Waals surface area contributed by atoms with Crippen molar-refractivity contribution in [3.8, 4) is 5.75 Å². The van der Waals surface area contributed by atoms with Crippen molar-refractivity contribution < 1.29 is 9.53 Å². The molecule has 1 unspecified atom stereocenters. The molecule has 23 heavy (non-hydrogen) atoms. The lowest BCUT2D eigenvalue weighted by Crippen LogP contribution is -2.61. The van der Waals surface area contributed by atoms with Gasteiger partial charge in [0.15, 0.2) is 0 Å². The van der Waals surface area contributed by atoms with Gasteiger partial charge in [-0.1, -0.05) is 6.08 Å². The predicted molar refractivity (Wildman–Crippen MR) is 91.6 cm³/mol. The molecule has 0 aromatic carbocycles. The van der Waals surface area contributed by atoms with Crippen molar-refractivity contribution in [1.29, 1.82) is 0 Å². The number of amides is 1. The Balaban J connectivity index is 1.31. The standard InChI is InChI=1S/C18H22N2O2S/c21-17(14-5-2-1-3-6-14)20-12-18(13-20)9-16(11-23-18)22-15-7-4-8-19-10-15/h4-5,7-8,10,16H,1-3,6,9,11-13H2. The molecule has 1 aromatic rings. The summed E-state index contributed by atoms with van der Waals surface area (Å²) < 4.78 is 6.24. The zero-order valence-corrected chi connectivity index (χ0v) is 14.1. The maximum Gasteiger partial charge on any atom is 0.249 e. The van der Waals surface area contributed by atoms with Crippen LogP contribution in [0.1, 0.15) is 32.1 Å². The highest BCUT2D eigenvalue weighted by Crippen LogP contribution is 2.46. The number of likely N-dealkylation sites (tertiary alicyclic amines) is 1. The van der Waals surface area contributed by atoms with Crippen LogP contribution in [0.5, 0.6) is 5.75 Å². The van der Waals surface area contributed by atoms with Crippen LogP contribution in [0.15, 0.2) is 36.2 Å². The highest BCUT2D eigenvalue weighted by Gasteiger charge is 2.51. The predicted octanol–water partition coefficient (Wildman–Crippen LogP) is 3.05. The Bertz CT molecular complexity index is 611. The molecule has 0 N–H and O–H groups in total. The van der Waals surface area contributed by atoms with Gasteiger partial charge < -0.3 is 9.64 Å². The van der Waals surface area contributed by atoms with Crippen molar-refractivity contribution >= 4 is 17.7 Å². The third kappa shape index (κ3) is 3.11. The van der Waals surface area contributed by atoms with Gasteiger partial charge in [-0.25, -0.2) is 0 Å². The van der Waals surface area contributed by atoms with Gasteiger partial charge in [-0.05, 0) is 37.8 Å². The van der Waals surface area contributed by atoms with Gasteiger partial charge in [0.2, 0.25) is 5.91 Å². The average Bonchev–Trinajstić information content (AvgIpc) is 2.99. The van der Waals surface area contributed by atoms with E-state index in [0.717, 1.165) is 55.8 Å². The summed E-state index contributed by atoms with van der Waals surface area (Å²) in [5.74, 6) is 2.11. The van der Waals surface area contributed by atoms with Gasteiger partial charge in [-0.2, -0.15) is 0 Å². The number of hydrogen-bond donors (Lipinski definition) is 0. The molecule has 0 radical (unpaired) electrons. The van der Waals surface area contributed by atoms with E-state index in [9.17, 15) is 4.79 Å². The quantitative estimate of drug-likeness (QED) is 0.854. The van der Waals surface area contributed by atoms with E-state index in [0.29, 0.717) is 0 Å². The third-order valence-electron chi connectivity index (χ3n) is 4.92. The van der Waals surface area contributed by atoms with Crippen LogP contribution in [0.2, 0.25) is 0 Å². The molecule has 3 heterocycles. The van der Waals surface area contributed by atoms with Crippen LogP contribution < -0.4 is 4.74 Å². The first kappa shape index (κ1) is 15.1. The Morgan fingerprint density at radius 3 is 3.04 bits per heavy atom. The van der Waals surface area contributed by atoms with Crippen molar-refractivity contribution in [3.63, 3.8) is 0 Å². The highest BCUT2D eigenvalue weighted by molar-refractivity contribution is 8.01. The zero-order valence-electron chi connectivity index (χ0n) is 13.2. The number of thioether (sulfide) groups is 1. The molecule has 0 bridgehead atoms. The summed E-state index contributed by atoms with van der Waals surface area (Å²) in [5.41, 5.74) is 1.04. The third-order valence-corrected chi connectivity index (χ3v) is 6.50. The first-order chi connectivity index (χ1) is 11.2. The van der Waals surface area contributed by atoms with Crippen molar-refractivity contribution in [2.24, 2.45) is 0 Å². The summed E-state index contributed by atoms with van der Waals surface area (Å²) >= 11 is 1.97. The summed E-state index contributed by atoms with van der Waals surface area (Å²) in [6.45, 7) is 1.75. The summed E-state index contributed by atoms with van der Waals surface area (Å²) in [7, 11) is 0. The van der Waals surface area contributed by atoms with Crippen molar-refractivity contribution in [1.82, 2.24) is 9.88 Å². The van der Waals surface area contributed by atoms with E-state index in [4.69, 9.17) is 4.74 Å². The molecular weight excluding hydrogens is 308 g/mol. The Kier molecular flexibility index (Phi) is 4.05. The van der Waals surface area contributed by atoms with Crippen LogP contribution in [0.25, 0.3) is 0 Å². The van der Waals surface area contributed by atoms with Gasteiger partial charge in [0, 0.05) is 37.0 Å². The Morgan fingerprint density at radius 2 is 2.30 bits per heavy atom. The molecule has 3 aliphatic rings. The lowest BCUT2D eigenvalue weighted by molar-refractivity contribution is -0.132. The number of hydrogen-bond acceptors (Lipinski definition) is 4. The molecule has 4 nitrogen and oxygen atoms in total.